The molecule has 1 unspecified atom stereocenters. The van der Waals surface area contributed by atoms with E-state index in [0.717, 1.165) is 29.9 Å². The van der Waals surface area contributed by atoms with Crippen LogP contribution < -0.4 is 15.3 Å². The molecule has 0 heterocycles. The Morgan fingerprint density at radius 2 is 0.901 bits per heavy atom. The topological polar surface area (TPSA) is 3.24 Å². The van der Waals surface area contributed by atoms with Crippen molar-refractivity contribution >= 4 is 39.5 Å². The molecule has 4 aliphatic carbocycles. The summed E-state index contributed by atoms with van der Waals surface area (Å²) >= 11 is 0. The summed E-state index contributed by atoms with van der Waals surface area (Å²) < 4.78 is 0. The summed E-state index contributed by atoms with van der Waals surface area (Å²) in [5.74, 6) is 0. The molecule has 11 aromatic carbocycles. The number of rotatable bonds is 6. The molecule has 0 fully saturated rings. The molecule has 71 heavy (non-hydrogen) atoms. The maximum absolute atomic E-state index is 2.58. The predicted octanol–water partition coefficient (Wildman–Crippen LogP) is 15.8. The van der Waals surface area contributed by atoms with Crippen molar-refractivity contribution < 1.29 is 0 Å². The predicted molar refractivity (Wildman–Crippen MR) is 294 cm³/mol. The van der Waals surface area contributed by atoms with Gasteiger partial charge in [0.05, 0.1) is 16.5 Å². The fraction of sp³-hybridized carbons (Fsp3) is 0.0571. The molecule has 0 radical (unpaired) electrons. The van der Waals surface area contributed by atoms with E-state index in [1.807, 2.05) is 0 Å². The summed E-state index contributed by atoms with van der Waals surface area (Å²) in [5, 5.41) is 5.18. The molecule has 4 aliphatic rings. The van der Waals surface area contributed by atoms with E-state index in [-0.39, 0.29) is 0 Å². The van der Waals surface area contributed by atoms with Crippen LogP contribution in [-0.4, -0.2) is 0 Å². The van der Waals surface area contributed by atoms with E-state index < -0.39 is 10.8 Å². The van der Waals surface area contributed by atoms with Gasteiger partial charge in [0.25, 0.3) is 0 Å². The first kappa shape index (κ1) is 40.1. The van der Waals surface area contributed by atoms with Crippen molar-refractivity contribution in [1.29, 1.82) is 0 Å². The van der Waals surface area contributed by atoms with Crippen molar-refractivity contribution in [3.8, 4) is 33.4 Å². The van der Waals surface area contributed by atoms with Gasteiger partial charge in [-0.15, -0.1) is 0 Å². The maximum Gasteiger partial charge on any atom is 0.0732 e. The molecule has 1 heteroatoms. The van der Waals surface area contributed by atoms with E-state index in [1.165, 1.54) is 110 Å². The second-order valence-electron chi connectivity index (χ2n) is 19.7. The van der Waals surface area contributed by atoms with Gasteiger partial charge in [-0.25, -0.2) is 0 Å². The minimum atomic E-state index is -0.611. The lowest BCUT2D eigenvalue weighted by Gasteiger charge is -2.42. The van der Waals surface area contributed by atoms with Gasteiger partial charge in [0.15, 0.2) is 0 Å². The van der Waals surface area contributed by atoms with Gasteiger partial charge in [-0.1, -0.05) is 231 Å². The summed E-state index contributed by atoms with van der Waals surface area (Å²) in [7, 11) is 0. The van der Waals surface area contributed by atoms with Crippen LogP contribution in [0.4, 0.5) is 17.1 Å². The third-order valence-corrected chi connectivity index (χ3v) is 16.4. The van der Waals surface area contributed by atoms with Crippen LogP contribution in [0.3, 0.4) is 0 Å². The number of anilines is 3. The molecule has 1 nitrogen and oxygen atoms in total. The van der Waals surface area contributed by atoms with Crippen LogP contribution in [0.15, 0.2) is 255 Å². The van der Waals surface area contributed by atoms with E-state index in [4.69, 9.17) is 0 Å². The SMILES string of the molecule is C1=c2ccc(-c3ccccc3)c3c2=C(CC1)c1ccccc1C31c2ccccc2-c2ccc(N(c3ccc4ccccc4c3)c3cccc4c3-c3ccccc3C4(c3ccccc3)c3ccccc3)cc21. The molecule has 1 spiro atoms. The van der Waals surface area contributed by atoms with Crippen molar-refractivity contribution in [2.45, 2.75) is 23.7 Å². The van der Waals surface area contributed by atoms with Gasteiger partial charge in [0.1, 0.15) is 0 Å². The smallest absolute Gasteiger partial charge is 0.0732 e. The van der Waals surface area contributed by atoms with Crippen molar-refractivity contribution in [3.63, 3.8) is 0 Å². The Morgan fingerprint density at radius 3 is 1.65 bits per heavy atom. The number of hydrogen-bond donors (Lipinski definition) is 0. The number of fused-ring (bicyclic) bond motifs is 13. The second kappa shape index (κ2) is 15.4. The Morgan fingerprint density at radius 1 is 0.352 bits per heavy atom. The van der Waals surface area contributed by atoms with Crippen LogP contribution in [-0.2, 0) is 10.8 Å². The largest absolute Gasteiger partial charge is 0.310 e. The zero-order valence-electron chi connectivity index (χ0n) is 39.2. The first-order valence-electron chi connectivity index (χ1n) is 25.1. The minimum absolute atomic E-state index is 0.541. The summed E-state index contributed by atoms with van der Waals surface area (Å²) in [6, 6.07) is 96.3. The molecule has 15 rings (SSSR count). The van der Waals surface area contributed by atoms with Crippen LogP contribution in [0.1, 0.15) is 62.9 Å². The van der Waals surface area contributed by atoms with Gasteiger partial charge in [-0.2, -0.15) is 0 Å². The molecule has 0 aliphatic heterocycles. The van der Waals surface area contributed by atoms with Crippen molar-refractivity contribution in [2.24, 2.45) is 0 Å². The molecule has 11 aromatic rings. The molecule has 0 saturated heterocycles. The first-order valence-corrected chi connectivity index (χ1v) is 25.1. The van der Waals surface area contributed by atoms with Crippen molar-refractivity contribution in [3.05, 3.63) is 315 Å². The van der Waals surface area contributed by atoms with E-state index in [2.05, 4.69) is 266 Å². The summed E-state index contributed by atoms with van der Waals surface area (Å²) in [6.45, 7) is 0. The van der Waals surface area contributed by atoms with E-state index in [9.17, 15) is 0 Å². The average Bonchev–Trinajstić information content (AvgIpc) is 3.91. The van der Waals surface area contributed by atoms with Crippen LogP contribution >= 0.6 is 0 Å². The zero-order chi connectivity index (χ0) is 46.7. The van der Waals surface area contributed by atoms with Gasteiger partial charge in [0, 0.05) is 16.9 Å². The second-order valence-corrected chi connectivity index (χ2v) is 19.7. The van der Waals surface area contributed by atoms with Crippen molar-refractivity contribution in [1.82, 2.24) is 0 Å². The van der Waals surface area contributed by atoms with E-state index in [1.54, 1.807) is 0 Å². The van der Waals surface area contributed by atoms with Gasteiger partial charge in [0.2, 0.25) is 0 Å². The van der Waals surface area contributed by atoms with Gasteiger partial charge < -0.3 is 4.90 Å². The first-order chi connectivity index (χ1) is 35.2. The van der Waals surface area contributed by atoms with Crippen LogP contribution in [0, 0.1) is 0 Å². The van der Waals surface area contributed by atoms with Crippen molar-refractivity contribution in [2.75, 3.05) is 4.90 Å². The molecule has 0 bridgehead atoms. The minimum Gasteiger partial charge on any atom is -0.310 e. The molecule has 0 N–H and O–H groups in total. The average molecular weight is 902 g/mol. The zero-order valence-corrected chi connectivity index (χ0v) is 39.2. The Bertz CT molecular complexity index is 4070. The Balaban J connectivity index is 1.07. The van der Waals surface area contributed by atoms with Crippen LogP contribution in [0.2, 0.25) is 0 Å². The third-order valence-electron chi connectivity index (χ3n) is 16.4. The Kier molecular flexibility index (Phi) is 8.68. The number of nitrogens with zero attached hydrogens (tertiary/aromatic N) is 1. The Hall–Kier alpha value is -8.78. The summed E-state index contributed by atoms with van der Waals surface area (Å²) in [4.78, 5) is 2.57. The lowest BCUT2D eigenvalue weighted by Crippen LogP contribution is -2.46. The molecular weight excluding hydrogens is 855 g/mol. The molecular formula is C70H47N. The highest BCUT2D eigenvalue weighted by atomic mass is 15.1. The van der Waals surface area contributed by atoms with Gasteiger partial charge in [-0.3, -0.25) is 0 Å². The van der Waals surface area contributed by atoms with E-state index in [0.29, 0.717) is 0 Å². The molecule has 1 atom stereocenters. The Labute approximate surface area is 414 Å². The highest BCUT2D eigenvalue weighted by Gasteiger charge is 2.52. The molecule has 0 saturated carbocycles. The summed E-state index contributed by atoms with van der Waals surface area (Å²) in [6.07, 6.45) is 4.53. The quantitative estimate of drug-likeness (QED) is 0.161. The van der Waals surface area contributed by atoms with Gasteiger partial charge in [-0.05, 0) is 148 Å². The van der Waals surface area contributed by atoms with E-state index >= 15 is 0 Å². The summed E-state index contributed by atoms with van der Waals surface area (Å²) in [5.41, 5.74) is 23.2. The lowest BCUT2D eigenvalue weighted by atomic mass is 9.60. The number of benzene rings is 11. The standard InChI is InChI=1S/C70H47N/c1-4-21-47(22-5-1)54-42-39-48-24-18-32-58-56-30-13-16-34-61(56)70(68(54)66(48)58)60-33-15-12-29-55(60)57-43-41-53(45-64(57)70)71(52-40-38-46-20-10-11-23-49(46)44-52)65-37-19-36-63-67(65)59-31-14-17-35-62(59)69(63,50-25-6-2-7-26-50)51-27-8-3-9-28-51/h1-17,19-31,33-45H,18,32H2. The maximum atomic E-state index is 2.58. The number of hydrogen-bond acceptors (Lipinski definition) is 1. The highest BCUT2D eigenvalue weighted by Crippen LogP contribution is 2.62. The normalized spacial score (nSPS) is 16.0. The van der Waals surface area contributed by atoms with Crippen LogP contribution in [0.25, 0.3) is 55.8 Å². The molecule has 0 aromatic heterocycles. The molecule has 0 amide bonds. The van der Waals surface area contributed by atoms with Gasteiger partial charge >= 0.3 is 0 Å². The highest BCUT2D eigenvalue weighted by molar-refractivity contribution is 6.01. The van der Waals surface area contributed by atoms with Crippen LogP contribution in [0.5, 0.6) is 0 Å². The molecule has 332 valence electrons. The fourth-order valence-corrected chi connectivity index (χ4v) is 13.7. The monoisotopic (exact) mass is 901 g/mol. The third kappa shape index (κ3) is 5.46. The fourth-order valence-electron chi connectivity index (χ4n) is 13.7. The lowest BCUT2D eigenvalue weighted by molar-refractivity contribution is 0.745.